The number of hydrogen-bond acceptors (Lipinski definition) is 8. The van der Waals surface area contributed by atoms with Gasteiger partial charge in [-0.05, 0) is 6.07 Å². The molecule has 5 heterocycles. The molecule has 11 heteroatoms. The number of esters is 1. The van der Waals surface area contributed by atoms with Gasteiger partial charge in [0, 0.05) is 61.8 Å². The van der Waals surface area contributed by atoms with Gasteiger partial charge in [0.1, 0.15) is 28.3 Å². The van der Waals surface area contributed by atoms with Crippen LogP contribution >= 0.6 is 0 Å². The Morgan fingerprint density at radius 1 is 0.511 bits per heavy atom. The van der Waals surface area contributed by atoms with Crippen LogP contribution < -0.4 is 4.74 Å². The summed E-state index contributed by atoms with van der Waals surface area (Å²) in [7, 11) is 0. The van der Waals surface area contributed by atoms with E-state index in [0.29, 0.717) is 57.0 Å². The van der Waals surface area contributed by atoms with Gasteiger partial charge in [0.2, 0.25) is 0 Å². The van der Waals surface area contributed by atoms with Gasteiger partial charge in [-0.3, -0.25) is 4.79 Å². The predicted molar refractivity (Wildman–Crippen MR) is 167 cm³/mol. The number of nitrogens with zero attached hydrogens (tertiary/aromatic N) is 6. The first-order valence-corrected chi connectivity index (χ1v) is 14.0. The Kier molecular flexibility index (Phi) is 6.04. The number of fused-ring (bicyclic) bond motifs is 20. The van der Waals surface area contributed by atoms with Gasteiger partial charge < -0.3 is 14.7 Å². The Bertz CT molecular complexity index is 2530. The molecule has 0 radical (unpaired) electrons. The maximum atomic E-state index is 12.1. The van der Waals surface area contributed by atoms with Gasteiger partial charge in [0.15, 0.2) is 23.3 Å². The summed E-state index contributed by atoms with van der Waals surface area (Å²) in [5.41, 5.74) is 5.63. The normalized spacial score (nSPS) is 11.6. The van der Waals surface area contributed by atoms with E-state index in [1.165, 1.54) is 6.92 Å². The summed E-state index contributed by atoms with van der Waals surface area (Å²) < 4.78 is 5.62. The molecule has 3 aromatic heterocycles. The number of carbonyl (C=O) groups excluding carboxylic acids is 1. The van der Waals surface area contributed by atoms with Crippen LogP contribution in [-0.4, -0.2) is 45.8 Å². The van der Waals surface area contributed by atoms with E-state index < -0.39 is 5.97 Å². The Morgan fingerprint density at radius 2 is 0.911 bits per heavy atom. The first-order chi connectivity index (χ1) is 21.6. The number of rotatable bonds is 1. The number of aromatic amines is 2. The van der Waals surface area contributed by atoms with Crippen molar-refractivity contribution in [1.82, 2.24) is 39.9 Å². The number of H-pyrrole nitrogens is 2. The van der Waals surface area contributed by atoms with Crippen molar-refractivity contribution in [2.24, 2.45) is 0 Å². The van der Waals surface area contributed by atoms with Gasteiger partial charge in [-0.25, -0.2) is 29.9 Å². The molecular weight excluding hydrogens is 611 g/mol. The van der Waals surface area contributed by atoms with Crippen molar-refractivity contribution in [2.45, 2.75) is 6.92 Å². The molecule has 0 amide bonds. The molecule has 4 aromatic carbocycles. The van der Waals surface area contributed by atoms with Crippen molar-refractivity contribution >= 4 is 50.1 Å². The Hall–Kier alpha value is -5.80. The average Bonchev–Trinajstić information content (AvgIpc) is 3.77. The second kappa shape index (κ2) is 10.1. The fraction of sp³-hybridized carbons (Fsp3) is 0.0294. The van der Waals surface area contributed by atoms with Crippen LogP contribution in [0.2, 0.25) is 0 Å². The fourth-order valence-corrected chi connectivity index (χ4v) is 5.90. The van der Waals surface area contributed by atoms with Crippen LogP contribution in [0.5, 0.6) is 5.75 Å². The molecule has 218 valence electrons. The van der Waals surface area contributed by atoms with E-state index in [-0.39, 0.29) is 16.5 Å². The number of hydrogen-bond donors (Lipinski definition) is 2. The molecule has 0 spiro atoms. The maximum absolute atomic E-state index is 12.1. The van der Waals surface area contributed by atoms with Gasteiger partial charge in [-0.15, -0.1) is 0 Å². The summed E-state index contributed by atoms with van der Waals surface area (Å²) in [4.78, 5) is 48.6. The van der Waals surface area contributed by atoms with E-state index in [1.54, 1.807) is 6.07 Å². The molecule has 0 aliphatic carbocycles. The summed E-state index contributed by atoms with van der Waals surface area (Å²) in [5.74, 6) is 1.95. The molecule has 0 atom stereocenters. The molecular formula is C34H20N8NiO2. The van der Waals surface area contributed by atoms with Crippen molar-refractivity contribution in [1.29, 1.82) is 0 Å². The smallest absolute Gasteiger partial charge is 0.308 e. The summed E-state index contributed by atoms with van der Waals surface area (Å²) in [6.45, 7) is 1.37. The molecule has 0 saturated carbocycles. The van der Waals surface area contributed by atoms with Gasteiger partial charge in [0.05, 0.1) is 5.39 Å². The Morgan fingerprint density at radius 3 is 1.40 bits per heavy atom. The van der Waals surface area contributed by atoms with Gasteiger partial charge in [0.25, 0.3) is 0 Å². The first kappa shape index (κ1) is 26.8. The van der Waals surface area contributed by atoms with Crippen LogP contribution in [0.1, 0.15) is 6.92 Å². The molecule has 0 fully saturated rings. The topological polar surface area (TPSA) is 135 Å². The molecule has 45 heavy (non-hydrogen) atoms. The molecule has 0 saturated heterocycles. The van der Waals surface area contributed by atoms with Gasteiger partial charge in [-0.2, -0.15) is 0 Å². The monoisotopic (exact) mass is 630 g/mol. The van der Waals surface area contributed by atoms with E-state index in [2.05, 4.69) is 9.97 Å². The Labute approximate surface area is 264 Å². The predicted octanol–water partition coefficient (Wildman–Crippen LogP) is 6.79. The summed E-state index contributed by atoms with van der Waals surface area (Å²) in [6.07, 6.45) is 0. The molecule has 2 aliphatic rings. The second-order valence-electron chi connectivity index (χ2n) is 10.5. The van der Waals surface area contributed by atoms with Crippen LogP contribution in [0.4, 0.5) is 0 Å². The minimum atomic E-state index is -0.438. The molecule has 2 N–H and O–H groups in total. The summed E-state index contributed by atoms with van der Waals surface area (Å²) in [6, 6.07) is 29.1. The quantitative estimate of drug-likeness (QED) is 0.115. The summed E-state index contributed by atoms with van der Waals surface area (Å²) >= 11 is 0. The zero-order chi connectivity index (χ0) is 29.4. The number of nitrogens with one attached hydrogen (secondary N) is 2. The third-order valence-electron chi connectivity index (χ3n) is 7.79. The zero-order valence-corrected chi connectivity index (χ0v) is 24.5. The largest absolute Gasteiger partial charge is 0.426 e. The van der Waals surface area contributed by atoms with Crippen molar-refractivity contribution in [3.63, 3.8) is 0 Å². The minimum absolute atomic E-state index is 0. The van der Waals surface area contributed by atoms with E-state index in [9.17, 15) is 4.79 Å². The fourth-order valence-electron chi connectivity index (χ4n) is 5.90. The average molecular weight is 631 g/mol. The number of ether oxygens (including phenoxy) is 1. The van der Waals surface area contributed by atoms with E-state index in [1.807, 2.05) is 84.9 Å². The van der Waals surface area contributed by atoms with Crippen LogP contribution in [0.25, 0.3) is 89.7 Å². The number of carbonyl (C=O) groups is 1. The SMILES string of the molecule is CC(=O)Oc1cccc2c3nc4nc(nc5[nH]c(nc6nc(nc([nH]3)c12)-c1ccccc1-6)c1ccccc51)-c1ccccc1-4.[Ni]. The molecule has 9 rings (SSSR count). The van der Waals surface area contributed by atoms with E-state index >= 15 is 0 Å². The van der Waals surface area contributed by atoms with Crippen molar-refractivity contribution < 1.29 is 26.0 Å². The van der Waals surface area contributed by atoms with Crippen LogP contribution in [-0.2, 0) is 21.3 Å². The van der Waals surface area contributed by atoms with E-state index in [0.717, 1.165) is 38.4 Å². The van der Waals surface area contributed by atoms with Gasteiger partial charge in [-0.1, -0.05) is 84.9 Å². The Balaban J connectivity index is 0.00000300. The van der Waals surface area contributed by atoms with Crippen LogP contribution in [0.15, 0.2) is 91.0 Å². The second-order valence-corrected chi connectivity index (χ2v) is 10.5. The molecule has 2 aliphatic heterocycles. The maximum Gasteiger partial charge on any atom is 0.308 e. The van der Waals surface area contributed by atoms with Crippen LogP contribution in [0.3, 0.4) is 0 Å². The van der Waals surface area contributed by atoms with E-state index in [4.69, 9.17) is 34.6 Å². The third kappa shape index (κ3) is 4.20. The van der Waals surface area contributed by atoms with Crippen molar-refractivity contribution in [2.75, 3.05) is 0 Å². The number of aromatic nitrogens is 8. The van der Waals surface area contributed by atoms with Crippen molar-refractivity contribution in [3.8, 4) is 51.3 Å². The van der Waals surface area contributed by atoms with Crippen molar-refractivity contribution in [3.05, 3.63) is 91.0 Å². The molecule has 0 unspecified atom stereocenters. The molecule has 10 nitrogen and oxygen atoms in total. The zero-order valence-electron chi connectivity index (χ0n) is 23.5. The summed E-state index contributed by atoms with van der Waals surface area (Å²) in [5, 5.41) is 3.15. The van der Waals surface area contributed by atoms with Crippen LogP contribution in [0, 0.1) is 0 Å². The van der Waals surface area contributed by atoms with Gasteiger partial charge >= 0.3 is 5.97 Å². The standard InChI is InChI=1S/C34H20N8O2.Ni/c1-17(43)44-25-16-8-15-24-26(25)34-41-32-23-14-7-6-13-22(23)30(39-32)37-28-19-10-3-2-9-18(19)27(35-28)36-29-20-11-4-5-12-21(20)31(38-29)40-33(24)42-34;/h2-16H,1H3,(H2,35,36,37,38,39,40,41,42);. The minimum Gasteiger partial charge on any atom is -0.426 e. The molecule has 7 aromatic rings. The number of benzene rings is 4. The third-order valence-corrected chi connectivity index (χ3v) is 7.79. The first-order valence-electron chi connectivity index (χ1n) is 14.0. The molecule has 8 bridgehead atoms.